The fourth-order valence-electron chi connectivity index (χ4n) is 6.50. The lowest BCUT2D eigenvalue weighted by atomic mass is 9.49. The van der Waals surface area contributed by atoms with Gasteiger partial charge in [-0.25, -0.2) is 4.98 Å². The molecule has 3 aromatic rings. The summed E-state index contributed by atoms with van der Waals surface area (Å²) in [5, 5.41) is 11.0. The maximum atomic E-state index is 13.1. The van der Waals surface area contributed by atoms with Gasteiger partial charge in [0.15, 0.2) is 0 Å². The van der Waals surface area contributed by atoms with Gasteiger partial charge in [0.05, 0.1) is 22.2 Å². The van der Waals surface area contributed by atoms with E-state index in [1.165, 1.54) is 31.5 Å². The van der Waals surface area contributed by atoms with Crippen LogP contribution in [0.5, 0.6) is 5.75 Å². The summed E-state index contributed by atoms with van der Waals surface area (Å²) in [5.41, 5.74) is 1.95. The SMILES string of the molecule is O=C(Oc1ccc(-c2cn3cc([N+](=O)[O-])ccc3n2)cc1)C12CC3CC(CC(C3)C1)C2. The molecule has 0 unspecified atom stereocenters. The molecular weight excluding hydrogens is 394 g/mol. The van der Waals surface area contributed by atoms with Gasteiger partial charge in [0.2, 0.25) is 0 Å². The van der Waals surface area contributed by atoms with E-state index in [4.69, 9.17) is 4.74 Å². The van der Waals surface area contributed by atoms with E-state index in [1.54, 1.807) is 28.8 Å². The maximum absolute atomic E-state index is 13.1. The zero-order chi connectivity index (χ0) is 21.2. The van der Waals surface area contributed by atoms with Crippen molar-refractivity contribution in [3.05, 3.63) is 58.9 Å². The summed E-state index contributed by atoms with van der Waals surface area (Å²) in [5.74, 6) is 2.61. The number of hydrogen-bond donors (Lipinski definition) is 0. The molecule has 0 aliphatic heterocycles. The summed E-state index contributed by atoms with van der Waals surface area (Å²) >= 11 is 0. The molecule has 31 heavy (non-hydrogen) atoms. The number of carbonyl (C=O) groups excluding carboxylic acids is 1. The highest BCUT2D eigenvalue weighted by molar-refractivity contribution is 5.80. The van der Waals surface area contributed by atoms with Crippen molar-refractivity contribution < 1.29 is 14.5 Å². The standard InChI is InChI=1S/C24H23N3O4/c28-23(24-10-15-7-16(11-24)9-17(8-15)12-24)31-20-4-1-18(2-5-20)21-14-26-13-19(27(29)30)3-6-22(26)25-21/h1-6,13-17H,7-12H2. The number of ether oxygens (including phenoxy) is 1. The Morgan fingerprint density at radius 3 is 2.26 bits per heavy atom. The number of aromatic nitrogens is 2. The fraction of sp³-hybridized carbons (Fsp3) is 0.417. The summed E-state index contributed by atoms with van der Waals surface area (Å²) in [6.45, 7) is 0. The number of nitro groups is 1. The van der Waals surface area contributed by atoms with Crippen molar-refractivity contribution in [2.75, 3.05) is 0 Å². The topological polar surface area (TPSA) is 86.7 Å². The maximum Gasteiger partial charge on any atom is 0.317 e. The highest BCUT2D eigenvalue weighted by atomic mass is 16.6. The Kier molecular flexibility index (Phi) is 3.97. The van der Waals surface area contributed by atoms with Gasteiger partial charge < -0.3 is 4.74 Å². The van der Waals surface area contributed by atoms with Gasteiger partial charge >= 0.3 is 5.97 Å². The van der Waals surface area contributed by atoms with Crippen molar-refractivity contribution in [2.24, 2.45) is 23.2 Å². The summed E-state index contributed by atoms with van der Waals surface area (Å²) in [4.78, 5) is 28.2. The molecule has 0 saturated heterocycles. The molecule has 0 atom stereocenters. The molecule has 4 bridgehead atoms. The van der Waals surface area contributed by atoms with Crippen molar-refractivity contribution in [1.82, 2.24) is 9.38 Å². The zero-order valence-corrected chi connectivity index (χ0v) is 17.1. The third-order valence-corrected chi connectivity index (χ3v) is 7.48. The summed E-state index contributed by atoms with van der Waals surface area (Å²) in [6, 6.07) is 10.4. The highest BCUT2D eigenvalue weighted by Gasteiger charge is 2.55. The predicted octanol–water partition coefficient (Wildman–Crippen LogP) is 5.03. The van der Waals surface area contributed by atoms with Crippen LogP contribution >= 0.6 is 0 Å². The normalized spacial score (nSPS) is 28.7. The van der Waals surface area contributed by atoms with Gasteiger partial charge in [-0.05, 0) is 86.6 Å². The average molecular weight is 417 g/mol. The van der Waals surface area contributed by atoms with Gasteiger partial charge in [-0.3, -0.25) is 19.3 Å². The molecule has 4 aliphatic rings. The van der Waals surface area contributed by atoms with E-state index in [2.05, 4.69) is 4.98 Å². The first-order chi connectivity index (χ1) is 15.0. The molecular formula is C24H23N3O4. The van der Waals surface area contributed by atoms with Crippen LogP contribution in [0.3, 0.4) is 0 Å². The van der Waals surface area contributed by atoms with Crippen molar-refractivity contribution in [2.45, 2.75) is 38.5 Å². The van der Waals surface area contributed by atoms with Crippen LogP contribution in [0.25, 0.3) is 16.9 Å². The Hall–Kier alpha value is -3.22. The predicted molar refractivity (Wildman–Crippen MR) is 114 cm³/mol. The van der Waals surface area contributed by atoms with Crippen molar-refractivity contribution >= 4 is 17.3 Å². The second kappa shape index (κ2) is 6.64. The molecule has 0 radical (unpaired) electrons. The van der Waals surface area contributed by atoms with Gasteiger partial charge in [-0.2, -0.15) is 0 Å². The van der Waals surface area contributed by atoms with Crippen LogP contribution in [0.1, 0.15) is 38.5 Å². The summed E-state index contributed by atoms with van der Waals surface area (Å²) in [6.07, 6.45) is 10.1. The molecule has 7 heteroatoms. The summed E-state index contributed by atoms with van der Waals surface area (Å²) < 4.78 is 7.50. The Balaban J connectivity index is 1.21. The van der Waals surface area contributed by atoms with Crippen LogP contribution in [-0.2, 0) is 4.79 Å². The monoisotopic (exact) mass is 417 g/mol. The number of hydrogen-bond acceptors (Lipinski definition) is 5. The number of imidazole rings is 1. The number of carbonyl (C=O) groups is 1. The Morgan fingerprint density at radius 2 is 1.65 bits per heavy atom. The minimum Gasteiger partial charge on any atom is -0.426 e. The van der Waals surface area contributed by atoms with E-state index in [-0.39, 0.29) is 17.1 Å². The lowest BCUT2D eigenvalue weighted by molar-refractivity contribution is -0.385. The molecule has 2 heterocycles. The first-order valence-electron chi connectivity index (χ1n) is 10.9. The van der Waals surface area contributed by atoms with E-state index in [0.29, 0.717) is 34.8 Å². The number of rotatable bonds is 4. The first-order valence-corrected chi connectivity index (χ1v) is 10.9. The van der Waals surface area contributed by atoms with E-state index in [0.717, 1.165) is 24.8 Å². The van der Waals surface area contributed by atoms with Gasteiger partial charge in [0.25, 0.3) is 5.69 Å². The molecule has 4 saturated carbocycles. The third-order valence-electron chi connectivity index (χ3n) is 7.48. The van der Waals surface area contributed by atoms with E-state index >= 15 is 0 Å². The fourth-order valence-corrected chi connectivity index (χ4v) is 6.50. The lowest BCUT2D eigenvalue weighted by Gasteiger charge is -2.55. The van der Waals surface area contributed by atoms with Crippen molar-refractivity contribution in [3.63, 3.8) is 0 Å². The second-order valence-electron chi connectivity index (χ2n) is 9.65. The van der Waals surface area contributed by atoms with Crippen molar-refractivity contribution in [1.29, 1.82) is 0 Å². The molecule has 0 N–H and O–H groups in total. The van der Waals surface area contributed by atoms with Crippen LogP contribution in [0.2, 0.25) is 0 Å². The molecule has 0 spiro atoms. The Labute approximate surface area is 179 Å². The van der Waals surface area contributed by atoms with E-state index < -0.39 is 4.92 Å². The van der Waals surface area contributed by atoms with Crippen molar-refractivity contribution in [3.8, 4) is 17.0 Å². The number of esters is 1. The van der Waals surface area contributed by atoms with Crippen LogP contribution in [0.15, 0.2) is 48.8 Å². The van der Waals surface area contributed by atoms with Crippen LogP contribution in [0.4, 0.5) is 5.69 Å². The number of nitrogens with zero attached hydrogens (tertiary/aromatic N) is 3. The molecule has 4 fully saturated rings. The molecule has 1 aromatic carbocycles. The molecule has 158 valence electrons. The van der Waals surface area contributed by atoms with Crippen LogP contribution in [-0.4, -0.2) is 20.3 Å². The molecule has 7 rings (SSSR count). The Bertz CT molecular complexity index is 1160. The largest absolute Gasteiger partial charge is 0.426 e. The first kappa shape index (κ1) is 18.5. The lowest BCUT2D eigenvalue weighted by Crippen LogP contribution is -2.51. The number of benzene rings is 1. The average Bonchev–Trinajstić information content (AvgIpc) is 3.16. The van der Waals surface area contributed by atoms with E-state index in [1.807, 2.05) is 12.1 Å². The smallest absolute Gasteiger partial charge is 0.317 e. The third kappa shape index (κ3) is 3.10. The minimum absolute atomic E-state index is 0.0170. The van der Waals surface area contributed by atoms with Gasteiger partial charge in [-0.15, -0.1) is 0 Å². The van der Waals surface area contributed by atoms with E-state index in [9.17, 15) is 14.9 Å². The minimum atomic E-state index is -0.425. The summed E-state index contributed by atoms with van der Waals surface area (Å²) in [7, 11) is 0. The van der Waals surface area contributed by atoms with Crippen LogP contribution in [0, 0.1) is 33.3 Å². The molecule has 2 aromatic heterocycles. The van der Waals surface area contributed by atoms with Gasteiger partial charge in [0.1, 0.15) is 11.4 Å². The highest BCUT2D eigenvalue weighted by Crippen LogP contribution is 2.60. The quantitative estimate of drug-likeness (QED) is 0.257. The second-order valence-corrected chi connectivity index (χ2v) is 9.65. The van der Waals surface area contributed by atoms with Gasteiger partial charge in [-0.1, -0.05) is 0 Å². The zero-order valence-electron chi connectivity index (χ0n) is 17.1. The van der Waals surface area contributed by atoms with Gasteiger partial charge in [0, 0.05) is 17.8 Å². The molecule has 0 amide bonds. The van der Waals surface area contributed by atoms with Crippen LogP contribution < -0.4 is 4.74 Å². The molecule has 7 nitrogen and oxygen atoms in total. The molecule has 4 aliphatic carbocycles. The number of fused-ring (bicyclic) bond motifs is 1. The number of pyridine rings is 1. The Morgan fingerprint density at radius 1 is 1.00 bits per heavy atom.